The van der Waals surface area contributed by atoms with Gasteiger partial charge in [-0.1, -0.05) is 37.6 Å². The molecule has 2 aromatic carbocycles. The maximum Gasteiger partial charge on any atom is 0.307 e. The summed E-state index contributed by atoms with van der Waals surface area (Å²) in [6.45, 7) is 3.27. The molecule has 0 saturated carbocycles. The van der Waals surface area contributed by atoms with E-state index in [1.54, 1.807) is 24.3 Å². The van der Waals surface area contributed by atoms with Crippen LogP contribution in [0.25, 0.3) is 0 Å². The van der Waals surface area contributed by atoms with Crippen molar-refractivity contribution < 1.29 is 30.1 Å². The monoisotopic (exact) mass is 501 g/mol. The van der Waals surface area contributed by atoms with Gasteiger partial charge in [-0.25, -0.2) is 0 Å². The van der Waals surface area contributed by atoms with E-state index in [0.29, 0.717) is 24.2 Å². The molecule has 0 aromatic heterocycles. The topological polar surface area (TPSA) is 137 Å². The Morgan fingerprint density at radius 3 is 1.44 bits per heavy atom. The fraction of sp³-hybridized carbons (Fsp3) is 0.407. The van der Waals surface area contributed by atoms with Gasteiger partial charge in [-0.05, 0) is 54.8 Å². The van der Waals surface area contributed by atoms with Gasteiger partial charge in [0.2, 0.25) is 0 Å². The predicted molar refractivity (Wildman–Crippen MR) is 140 cm³/mol. The number of carbonyl (C=O) groups is 4. The SMILES string of the molecule is CCCc1ccc(C(=O)NCCC(=O)OC)cc1.COC(=O)CCNC(=O)c1ccc(CCN)cc1.[HH]. The van der Waals surface area contributed by atoms with Crippen molar-refractivity contribution >= 4 is 23.8 Å². The van der Waals surface area contributed by atoms with Crippen molar-refractivity contribution in [2.75, 3.05) is 33.9 Å². The minimum atomic E-state index is -0.339. The zero-order valence-electron chi connectivity index (χ0n) is 21.3. The van der Waals surface area contributed by atoms with Crippen molar-refractivity contribution in [2.24, 2.45) is 5.73 Å². The molecule has 198 valence electrons. The highest BCUT2D eigenvalue weighted by atomic mass is 16.5. The predicted octanol–water partition coefficient (Wildman–Crippen LogP) is 2.66. The van der Waals surface area contributed by atoms with Crippen molar-refractivity contribution in [1.29, 1.82) is 0 Å². The van der Waals surface area contributed by atoms with E-state index in [1.165, 1.54) is 19.8 Å². The Bertz CT molecular complexity index is 886. The first-order valence-corrected chi connectivity index (χ1v) is 11.9. The lowest BCUT2D eigenvalue weighted by atomic mass is 10.1. The largest absolute Gasteiger partial charge is 0.469 e. The fourth-order valence-electron chi connectivity index (χ4n) is 3.07. The minimum absolute atomic E-state index is 0. The van der Waals surface area contributed by atoms with E-state index in [4.69, 9.17) is 5.73 Å². The molecule has 0 spiro atoms. The van der Waals surface area contributed by atoms with E-state index >= 15 is 0 Å². The van der Waals surface area contributed by atoms with Crippen LogP contribution in [0.2, 0.25) is 0 Å². The molecule has 0 heterocycles. The summed E-state index contributed by atoms with van der Waals surface area (Å²) in [5.74, 6) is -1.03. The van der Waals surface area contributed by atoms with E-state index in [-0.39, 0.29) is 44.6 Å². The normalized spacial score (nSPS) is 9.89. The Morgan fingerprint density at radius 2 is 1.11 bits per heavy atom. The maximum atomic E-state index is 11.7. The maximum absolute atomic E-state index is 11.7. The molecule has 0 unspecified atom stereocenters. The molecule has 36 heavy (non-hydrogen) atoms. The van der Waals surface area contributed by atoms with Crippen LogP contribution in [0.15, 0.2) is 48.5 Å². The van der Waals surface area contributed by atoms with Gasteiger partial charge in [0, 0.05) is 25.6 Å². The van der Waals surface area contributed by atoms with Crippen LogP contribution >= 0.6 is 0 Å². The Morgan fingerprint density at radius 1 is 0.722 bits per heavy atom. The summed E-state index contributed by atoms with van der Waals surface area (Å²) in [4.78, 5) is 45.2. The van der Waals surface area contributed by atoms with Gasteiger partial charge in [0.15, 0.2) is 0 Å². The van der Waals surface area contributed by atoms with Crippen molar-refractivity contribution in [3.05, 3.63) is 70.8 Å². The Labute approximate surface area is 214 Å². The number of nitrogens with one attached hydrogen (secondary N) is 2. The van der Waals surface area contributed by atoms with E-state index in [0.717, 1.165) is 24.8 Å². The van der Waals surface area contributed by atoms with E-state index in [2.05, 4.69) is 27.0 Å². The van der Waals surface area contributed by atoms with Crippen LogP contribution in [0.1, 0.15) is 59.5 Å². The lowest BCUT2D eigenvalue weighted by Gasteiger charge is -2.05. The molecular weight excluding hydrogens is 462 g/mol. The first-order chi connectivity index (χ1) is 17.3. The number of nitrogens with two attached hydrogens (primary N) is 1. The summed E-state index contributed by atoms with van der Waals surface area (Å²) in [5.41, 5.74) is 8.95. The number of aryl methyl sites for hydroxylation is 1. The third-order valence-corrected chi connectivity index (χ3v) is 5.09. The van der Waals surface area contributed by atoms with Crippen molar-refractivity contribution in [2.45, 2.75) is 39.0 Å². The number of methoxy groups -OCH3 is 2. The Hall–Kier alpha value is -3.72. The first kappa shape index (κ1) is 30.3. The number of benzene rings is 2. The molecule has 4 N–H and O–H groups in total. The average molecular weight is 502 g/mol. The number of amides is 2. The van der Waals surface area contributed by atoms with Gasteiger partial charge >= 0.3 is 11.9 Å². The zero-order chi connectivity index (χ0) is 26.8. The number of hydrogen-bond donors (Lipinski definition) is 3. The summed E-state index contributed by atoms with van der Waals surface area (Å²) >= 11 is 0. The quantitative estimate of drug-likeness (QED) is 0.380. The fourth-order valence-corrected chi connectivity index (χ4v) is 3.07. The second-order valence-corrected chi connectivity index (χ2v) is 7.85. The molecule has 2 amide bonds. The Balaban J connectivity index is 0.000000682. The summed E-state index contributed by atoms with van der Waals surface area (Å²) in [6, 6.07) is 14.8. The highest BCUT2D eigenvalue weighted by molar-refractivity contribution is 5.94. The van der Waals surface area contributed by atoms with E-state index in [1.807, 2.05) is 24.3 Å². The molecule has 0 radical (unpaired) electrons. The van der Waals surface area contributed by atoms with Crippen LogP contribution in [0.5, 0.6) is 0 Å². The highest BCUT2D eigenvalue weighted by Crippen LogP contribution is 2.07. The minimum Gasteiger partial charge on any atom is -0.469 e. The van der Waals surface area contributed by atoms with Crippen LogP contribution in [0, 0.1) is 0 Å². The average Bonchev–Trinajstić information content (AvgIpc) is 2.90. The zero-order valence-corrected chi connectivity index (χ0v) is 21.3. The van der Waals surface area contributed by atoms with Gasteiger partial charge in [0.25, 0.3) is 11.8 Å². The van der Waals surface area contributed by atoms with Crippen LogP contribution in [0.4, 0.5) is 0 Å². The molecule has 0 atom stereocenters. The molecular formula is C27H39N3O6. The van der Waals surface area contributed by atoms with Gasteiger partial charge in [-0.2, -0.15) is 0 Å². The smallest absolute Gasteiger partial charge is 0.307 e. The number of rotatable bonds is 12. The van der Waals surface area contributed by atoms with Gasteiger partial charge in [-0.3, -0.25) is 19.2 Å². The standard InChI is InChI=1S/C14H19NO3.C13H18N2O3.H2/c1-3-4-11-5-7-12(8-6-11)14(17)15-10-9-13(16)18-2;1-18-12(16)7-9-15-13(17)11-4-2-10(3-5-11)6-8-14;/h5-8H,3-4,9-10H2,1-2H3,(H,15,17);2-5H,6-9,14H2,1H3,(H,15,17);1H. The summed E-state index contributed by atoms with van der Waals surface area (Å²) in [7, 11) is 2.65. The molecule has 2 rings (SSSR count). The summed E-state index contributed by atoms with van der Waals surface area (Å²) in [5, 5.41) is 5.33. The second kappa shape index (κ2) is 17.7. The molecule has 2 aromatic rings. The second-order valence-electron chi connectivity index (χ2n) is 7.85. The van der Waals surface area contributed by atoms with Gasteiger partial charge in [0.1, 0.15) is 0 Å². The molecule has 0 saturated heterocycles. The van der Waals surface area contributed by atoms with Crippen molar-refractivity contribution in [3.63, 3.8) is 0 Å². The molecule has 0 aliphatic carbocycles. The van der Waals surface area contributed by atoms with Gasteiger partial charge in [-0.15, -0.1) is 0 Å². The van der Waals surface area contributed by atoms with Crippen molar-refractivity contribution in [1.82, 2.24) is 10.6 Å². The lowest BCUT2D eigenvalue weighted by Crippen LogP contribution is -2.26. The first-order valence-electron chi connectivity index (χ1n) is 11.9. The lowest BCUT2D eigenvalue weighted by molar-refractivity contribution is -0.141. The van der Waals surface area contributed by atoms with Crippen LogP contribution < -0.4 is 16.4 Å². The number of esters is 2. The molecule has 0 aliphatic rings. The molecule has 0 bridgehead atoms. The van der Waals surface area contributed by atoms with Gasteiger partial charge in [0.05, 0.1) is 27.1 Å². The molecule has 9 nitrogen and oxygen atoms in total. The van der Waals surface area contributed by atoms with Crippen molar-refractivity contribution in [3.8, 4) is 0 Å². The summed E-state index contributed by atoms with van der Waals surface area (Å²) < 4.78 is 8.97. The van der Waals surface area contributed by atoms with E-state index in [9.17, 15) is 19.2 Å². The van der Waals surface area contributed by atoms with E-state index < -0.39 is 0 Å². The number of hydrogen-bond acceptors (Lipinski definition) is 7. The molecule has 9 heteroatoms. The van der Waals surface area contributed by atoms with Crippen LogP contribution in [-0.2, 0) is 31.9 Å². The Kier molecular flexibility index (Phi) is 14.9. The summed E-state index contributed by atoms with van der Waals surface area (Å²) in [6.07, 6.45) is 3.27. The van der Waals surface area contributed by atoms with Crippen LogP contribution in [-0.4, -0.2) is 57.6 Å². The third-order valence-electron chi connectivity index (χ3n) is 5.09. The molecule has 0 aliphatic heterocycles. The number of carbonyl (C=O) groups excluding carboxylic acids is 4. The molecule has 0 fully saturated rings. The third kappa shape index (κ3) is 12.1. The van der Waals surface area contributed by atoms with Gasteiger partial charge < -0.3 is 25.8 Å². The van der Waals surface area contributed by atoms with Crippen LogP contribution in [0.3, 0.4) is 0 Å². The highest BCUT2D eigenvalue weighted by Gasteiger charge is 2.07. The number of ether oxygens (including phenoxy) is 2.